The number of hydrogen-bond acceptors (Lipinski definition) is 1. The van der Waals surface area contributed by atoms with Crippen LogP contribution in [0.4, 0.5) is 0 Å². The molecule has 1 heterocycles. The Morgan fingerprint density at radius 2 is 1.76 bits per heavy atom. The van der Waals surface area contributed by atoms with Crippen LogP contribution in [0, 0.1) is 6.92 Å². The number of hydrogen-bond donors (Lipinski definition) is 1. The normalized spacial score (nSPS) is 10.8. The quantitative estimate of drug-likeness (QED) is 0.664. The van der Waals surface area contributed by atoms with Gasteiger partial charge in [-0.25, -0.2) is 0 Å². The third-order valence-electron chi connectivity index (χ3n) is 4.33. The first-order chi connectivity index (χ1) is 12.0. The number of carbonyl (C=O) groups is 1. The van der Waals surface area contributed by atoms with E-state index in [0.29, 0.717) is 17.1 Å². The molecule has 2 aromatic carbocycles. The molecule has 0 aliphatic carbocycles. The molecule has 3 nitrogen and oxygen atoms in total. The first-order valence-corrected chi connectivity index (χ1v) is 8.72. The largest absolute Gasteiger partial charge is 0.366 e. The second-order valence-corrected chi connectivity index (χ2v) is 6.74. The van der Waals surface area contributed by atoms with Crippen molar-refractivity contribution < 1.29 is 4.79 Å². The van der Waals surface area contributed by atoms with Crippen LogP contribution in [0.15, 0.2) is 54.6 Å². The van der Waals surface area contributed by atoms with Crippen molar-refractivity contribution in [3.05, 3.63) is 81.5 Å². The zero-order valence-corrected chi connectivity index (χ0v) is 15.3. The van der Waals surface area contributed by atoms with Gasteiger partial charge in [0.1, 0.15) is 0 Å². The Morgan fingerprint density at radius 1 is 1.08 bits per heavy atom. The number of aryl methyl sites for hydroxylation is 1. The summed E-state index contributed by atoms with van der Waals surface area (Å²) in [6.45, 7) is 2.60. The summed E-state index contributed by atoms with van der Waals surface area (Å²) in [6.07, 6.45) is 0.758. The van der Waals surface area contributed by atoms with Crippen molar-refractivity contribution in [3.8, 4) is 11.3 Å². The summed E-state index contributed by atoms with van der Waals surface area (Å²) in [5, 5.41) is 1.42. The Labute approximate surface area is 157 Å². The lowest BCUT2D eigenvalue weighted by atomic mass is 10.1. The molecule has 1 amide bonds. The summed E-state index contributed by atoms with van der Waals surface area (Å²) in [5.41, 5.74) is 9.91. The zero-order valence-electron chi connectivity index (χ0n) is 13.8. The lowest BCUT2D eigenvalue weighted by Crippen LogP contribution is -2.13. The van der Waals surface area contributed by atoms with Crippen LogP contribution in [-0.4, -0.2) is 10.5 Å². The molecule has 128 valence electrons. The molecule has 0 atom stereocenters. The van der Waals surface area contributed by atoms with Crippen LogP contribution in [0.3, 0.4) is 0 Å². The summed E-state index contributed by atoms with van der Waals surface area (Å²) in [4.78, 5) is 11.8. The molecule has 0 fully saturated rings. The van der Waals surface area contributed by atoms with Gasteiger partial charge < -0.3 is 10.3 Å². The summed E-state index contributed by atoms with van der Waals surface area (Å²) >= 11 is 12.3. The van der Waals surface area contributed by atoms with E-state index in [0.717, 1.165) is 34.0 Å². The number of aromatic nitrogens is 1. The van der Waals surface area contributed by atoms with Gasteiger partial charge in [0.25, 0.3) is 5.91 Å². The highest BCUT2D eigenvalue weighted by molar-refractivity contribution is 6.31. The van der Waals surface area contributed by atoms with Crippen LogP contribution < -0.4 is 5.73 Å². The zero-order chi connectivity index (χ0) is 18.0. The second kappa shape index (κ2) is 7.34. The Bertz CT molecular complexity index is 914. The van der Waals surface area contributed by atoms with Crippen LogP contribution in [0.25, 0.3) is 11.3 Å². The van der Waals surface area contributed by atoms with Crippen LogP contribution in [0.5, 0.6) is 0 Å². The van der Waals surface area contributed by atoms with Gasteiger partial charge in [0.2, 0.25) is 0 Å². The average Bonchev–Trinajstić information content (AvgIpc) is 2.92. The van der Waals surface area contributed by atoms with Crippen molar-refractivity contribution >= 4 is 29.1 Å². The van der Waals surface area contributed by atoms with Gasteiger partial charge in [0.15, 0.2) is 0 Å². The third-order valence-corrected chi connectivity index (χ3v) is 4.96. The molecule has 0 saturated heterocycles. The lowest BCUT2D eigenvalue weighted by molar-refractivity contribution is 0.0999. The Kier molecular flexibility index (Phi) is 5.16. The standard InChI is InChI=1S/C20H18Cl2N2O/c1-13-17(20(23)25)12-19(15-6-8-16(21)9-7-15)24(13)11-10-14-4-2-3-5-18(14)22/h2-9,12H,10-11H2,1H3,(H2,23,25). The molecule has 0 saturated carbocycles. The summed E-state index contributed by atoms with van der Waals surface area (Å²) in [5.74, 6) is -0.427. The SMILES string of the molecule is Cc1c(C(N)=O)cc(-c2ccc(Cl)cc2)n1CCc1ccccc1Cl. The molecule has 25 heavy (non-hydrogen) atoms. The molecule has 3 aromatic rings. The first kappa shape index (κ1) is 17.6. The van der Waals surface area contributed by atoms with Crippen LogP contribution >= 0.6 is 23.2 Å². The van der Waals surface area contributed by atoms with Crippen molar-refractivity contribution in [3.63, 3.8) is 0 Å². The van der Waals surface area contributed by atoms with Gasteiger partial charge in [-0.2, -0.15) is 0 Å². The topological polar surface area (TPSA) is 48.0 Å². The minimum atomic E-state index is -0.427. The van der Waals surface area contributed by atoms with Crippen molar-refractivity contribution in [2.45, 2.75) is 19.9 Å². The number of amides is 1. The highest BCUT2D eigenvalue weighted by atomic mass is 35.5. The molecule has 0 aliphatic rings. The predicted molar refractivity (Wildman–Crippen MR) is 103 cm³/mol. The fourth-order valence-corrected chi connectivity index (χ4v) is 3.33. The van der Waals surface area contributed by atoms with Crippen LogP contribution in [0.2, 0.25) is 10.0 Å². The van der Waals surface area contributed by atoms with Gasteiger partial charge in [0, 0.05) is 28.0 Å². The van der Waals surface area contributed by atoms with Crippen LogP contribution in [-0.2, 0) is 13.0 Å². The predicted octanol–water partition coefficient (Wildman–Crippen LogP) is 5.11. The molecule has 0 unspecified atom stereocenters. The number of nitrogens with two attached hydrogens (primary N) is 1. The van der Waals surface area contributed by atoms with E-state index >= 15 is 0 Å². The molecule has 0 spiro atoms. The number of halogens is 2. The van der Waals surface area contributed by atoms with Gasteiger partial charge in [-0.1, -0.05) is 53.5 Å². The van der Waals surface area contributed by atoms with Crippen molar-refractivity contribution in [1.29, 1.82) is 0 Å². The highest BCUT2D eigenvalue weighted by Gasteiger charge is 2.17. The molecular weight excluding hydrogens is 355 g/mol. The average molecular weight is 373 g/mol. The van der Waals surface area contributed by atoms with Crippen molar-refractivity contribution in [2.75, 3.05) is 0 Å². The molecule has 3 rings (SSSR count). The van der Waals surface area contributed by atoms with E-state index in [4.69, 9.17) is 28.9 Å². The third kappa shape index (κ3) is 3.73. The fourth-order valence-electron chi connectivity index (χ4n) is 2.98. The van der Waals surface area contributed by atoms with Crippen molar-refractivity contribution in [2.24, 2.45) is 5.73 Å². The van der Waals surface area contributed by atoms with Gasteiger partial charge >= 0.3 is 0 Å². The minimum Gasteiger partial charge on any atom is -0.366 e. The van der Waals surface area contributed by atoms with E-state index in [1.54, 1.807) is 0 Å². The van der Waals surface area contributed by atoms with E-state index < -0.39 is 5.91 Å². The van der Waals surface area contributed by atoms with E-state index in [-0.39, 0.29) is 0 Å². The Hall–Kier alpha value is -2.23. The summed E-state index contributed by atoms with van der Waals surface area (Å²) < 4.78 is 2.10. The van der Waals surface area contributed by atoms with Gasteiger partial charge in [0.05, 0.1) is 5.56 Å². The molecule has 5 heteroatoms. The minimum absolute atomic E-state index is 0.427. The molecule has 0 aliphatic heterocycles. The maximum absolute atomic E-state index is 11.8. The maximum atomic E-state index is 11.8. The number of rotatable bonds is 5. The van der Waals surface area contributed by atoms with E-state index in [1.165, 1.54) is 0 Å². The van der Waals surface area contributed by atoms with Crippen LogP contribution in [0.1, 0.15) is 21.6 Å². The Balaban J connectivity index is 2.00. The van der Waals surface area contributed by atoms with E-state index in [1.807, 2.05) is 61.5 Å². The van der Waals surface area contributed by atoms with E-state index in [2.05, 4.69) is 4.57 Å². The number of primary amides is 1. The smallest absolute Gasteiger partial charge is 0.250 e. The van der Waals surface area contributed by atoms with Crippen molar-refractivity contribution in [1.82, 2.24) is 4.57 Å². The first-order valence-electron chi connectivity index (χ1n) is 7.96. The summed E-state index contributed by atoms with van der Waals surface area (Å²) in [7, 11) is 0. The van der Waals surface area contributed by atoms with Gasteiger partial charge in [-0.3, -0.25) is 4.79 Å². The molecule has 0 bridgehead atoms. The molecule has 0 radical (unpaired) electrons. The highest BCUT2D eigenvalue weighted by Crippen LogP contribution is 2.28. The Morgan fingerprint density at radius 3 is 2.40 bits per heavy atom. The number of carbonyl (C=O) groups excluding carboxylic acids is 1. The maximum Gasteiger partial charge on any atom is 0.250 e. The monoisotopic (exact) mass is 372 g/mol. The van der Waals surface area contributed by atoms with Gasteiger partial charge in [-0.05, 0) is 48.7 Å². The number of nitrogens with zero attached hydrogens (tertiary/aromatic N) is 1. The lowest BCUT2D eigenvalue weighted by Gasteiger charge is -2.13. The summed E-state index contributed by atoms with van der Waals surface area (Å²) in [6, 6.07) is 17.2. The van der Waals surface area contributed by atoms with Gasteiger partial charge in [-0.15, -0.1) is 0 Å². The fraction of sp³-hybridized carbons (Fsp3) is 0.150. The number of benzene rings is 2. The van der Waals surface area contributed by atoms with E-state index in [9.17, 15) is 4.79 Å². The molecule has 1 aromatic heterocycles. The molecular formula is C20H18Cl2N2O. The molecule has 2 N–H and O–H groups in total. The second-order valence-electron chi connectivity index (χ2n) is 5.89.